The molecule has 0 radical (unpaired) electrons. The lowest BCUT2D eigenvalue weighted by molar-refractivity contribution is 1.000. The first kappa shape index (κ1) is 14.3. The fraction of sp³-hybridized carbons (Fsp3) is 0.167. The zero-order valence-corrected chi connectivity index (χ0v) is 13.3. The number of anilines is 1. The number of rotatable bonds is 4. The molecule has 0 aliphatic carbocycles. The number of thioether (sulfide) groups is 1. The number of pyridine rings is 1. The summed E-state index contributed by atoms with van der Waals surface area (Å²) >= 11 is 8.84. The van der Waals surface area contributed by atoms with Crippen molar-refractivity contribution in [1.82, 2.24) is 19.6 Å². The molecule has 1 N–H and O–H groups in total. The van der Waals surface area contributed by atoms with Gasteiger partial charge in [0.05, 0.1) is 10.7 Å². The van der Waals surface area contributed by atoms with Crippen LogP contribution in [0.4, 0.5) is 5.13 Å². The molecule has 0 saturated carbocycles. The monoisotopic (exact) mass is 339 g/mol. The molecule has 0 saturated heterocycles. The van der Waals surface area contributed by atoms with Gasteiger partial charge < -0.3 is 5.32 Å². The van der Waals surface area contributed by atoms with Crippen LogP contribution in [0.5, 0.6) is 0 Å². The van der Waals surface area contributed by atoms with Crippen molar-refractivity contribution in [2.24, 2.45) is 0 Å². The Balaban J connectivity index is 1.84. The second kappa shape index (κ2) is 6.00. The van der Waals surface area contributed by atoms with Gasteiger partial charge in [-0.25, -0.2) is 4.98 Å². The molecule has 0 aliphatic heterocycles. The first-order valence-electron chi connectivity index (χ1n) is 5.97. The molecule has 0 aromatic carbocycles. The van der Waals surface area contributed by atoms with E-state index in [2.05, 4.69) is 20.5 Å². The van der Waals surface area contributed by atoms with Gasteiger partial charge in [0.2, 0.25) is 5.13 Å². The van der Waals surface area contributed by atoms with Crippen LogP contribution in [0.15, 0.2) is 33.5 Å². The van der Waals surface area contributed by atoms with E-state index in [1.165, 1.54) is 33.6 Å². The lowest BCUT2D eigenvalue weighted by atomic mass is 10.4. The van der Waals surface area contributed by atoms with E-state index in [1.54, 1.807) is 25.4 Å². The molecule has 108 valence electrons. The van der Waals surface area contributed by atoms with Crippen molar-refractivity contribution in [3.05, 3.63) is 45.5 Å². The molecule has 0 amide bonds. The Kier molecular flexibility index (Phi) is 4.09. The summed E-state index contributed by atoms with van der Waals surface area (Å²) in [6.45, 7) is 0. The summed E-state index contributed by atoms with van der Waals surface area (Å²) in [5.41, 5.74) is 1.13. The normalized spacial score (nSPS) is 11.0. The second-order valence-corrected chi connectivity index (χ2v) is 6.71. The molecule has 6 nitrogen and oxygen atoms in total. The number of hydrogen-bond donors (Lipinski definition) is 1. The van der Waals surface area contributed by atoms with Crippen LogP contribution < -0.4 is 10.9 Å². The van der Waals surface area contributed by atoms with Gasteiger partial charge in [-0.3, -0.25) is 9.20 Å². The number of fused-ring (bicyclic) bond motifs is 1. The Labute approximate surface area is 133 Å². The van der Waals surface area contributed by atoms with E-state index in [4.69, 9.17) is 11.6 Å². The Morgan fingerprint density at radius 3 is 3.05 bits per heavy atom. The summed E-state index contributed by atoms with van der Waals surface area (Å²) in [7, 11) is 1.80. The SMILES string of the molecule is CNc1nnc(SCc2cc(=O)n3cc(Cl)ccc3n2)s1. The maximum atomic E-state index is 12.0. The Morgan fingerprint density at radius 1 is 1.43 bits per heavy atom. The van der Waals surface area contributed by atoms with Crippen LogP contribution in [-0.4, -0.2) is 26.6 Å². The molecule has 0 aliphatic rings. The minimum atomic E-state index is -0.147. The number of aromatic nitrogens is 4. The molecule has 0 atom stereocenters. The van der Waals surface area contributed by atoms with Crippen LogP contribution in [-0.2, 0) is 5.75 Å². The van der Waals surface area contributed by atoms with Crippen molar-refractivity contribution in [1.29, 1.82) is 0 Å². The molecule has 9 heteroatoms. The van der Waals surface area contributed by atoms with E-state index >= 15 is 0 Å². The van der Waals surface area contributed by atoms with Crippen molar-refractivity contribution in [3.8, 4) is 0 Å². The van der Waals surface area contributed by atoms with Gasteiger partial charge in [-0.2, -0.15) is 0 Å². The van der Waals surface area contributed by atoms with Gasteiger partial charge in [-0.15, -0.1) is 10.2 Å². The maximum Gasteiger partial charge on any atom is 0.258 e. The summed E-state index contributed by atoms with van der Waals surface area (Å²) in [6.07, 6.45) is 1.56. The summed E-state index contributed by atoms with van der Waals surface area (Å²) in [4.78, 5) is 16.5. The zero-order valence-electron chi connectivity index (χ0n) is 10.9. The van der Waals surface area contributed by atoms with E-state index in [0.717, 1.165) is 9.47 Å². The van der Waals surface area contributed by atoms with Crippen molar-refractivity contribution < 1.29 is 0 Å². The lowest BCUT2D eigenvalue weighted by Crippen LogP contribution is -2.14. The van der Waals surface area contributed by atoms with Crippen LogP contribution in [0.2, 0.25) is 5.02 Å². The minimum absolute atomic E-state index is 0.147. The predicted octanol–water partition coefficient (Wildman–Crippen LogP) is 2.53. The quantitative estimate of drug-likeness (QED) is 0.736. The standard InChI is InChI=1S/C12H10ClN5OS2/c1-14-11-16-17-12(21-11)20-6-8-4-10(19)18-5-7(13)2-3-9(18)15-8/h2-5H,6H2,1H3,(H,14,16). The van der Waals surface area contributed by atoms with Gasteiger partial charge >= 0.3 is 0 Å². The molecule has 0 bridgehead atoms. The first-order chi connectivity index (χ1) is 10.2. The van der Waals surface area contributed by atoms with Crippen LogP contribution in [0.1, 0.15) is 5.69 Å². The lowest BCUT2D eigenvalue weighted by Gasteiger charge is -2.03. The molecule has 3 aromatic rings. The summed E-state index contributed by atoms with van der Waals surface area (Å²) < 4.78 is 2.26. The Bertz CT molecular complexity index is 847. The van der Waals surface area contributed by atoms with Gasteiger partial charge in [0.15, 0.2) is 4.34 Å². The average Bonchev–Trinajstić information content (AvgIpc) is 2.94. The third kappa shape index (κ3) is 3.17. The van der Waals surface area contributed by atoms with Gasteiger partial charge in [0, 0.05) is 25.1 Å². The molecule has 3 aromatic heterocycles. The highest BCUT2D eigenvalue weighted by molar-refractivity contribution is 8.00. The molecule has 3 heterocycles. The first-order valence-corrected chi connectivity index (χ1v) is 8.15. The van der Waals surface area contributed by atoms with Crippen molar-refractivity contribution >= 4 is 45.5 Å². The summed E-state index contributed by atoms with van der Waals surface area (Å²) in [6, 6.07) is 4.95. The molecule has 0 spiro atoms. The van der Waals surface area contributed by atoms with E-state index in [-0.39, 0.29) is 5.56 Å². The molecule has 0 unspecified atom stereocenters. The van der Waals surface area contributed by atoms with Crippen LogP contribution in [0.25, 0.3) is 5.65 Å². The van der Waals surface area contributed by atoms with Crippen molar-refractivity contribution in [2.75, 3.05) is 12.4 Å². The van der Waals surface area contributed by atoms with E-state index in [9.17, 15) is 4.79 Å². The van der Waals surface area contributed by atoms with Gasteiger partial charge in [-0.1, -0.05) is 34.7 Å². The molecule has 21 heavy (non-hydrogen) atoms. The fourth-order valence-corrected chi connectivity index (χ4v) is 3.46. The van der Waals surface area contributed by atoms with Crippen LogP contribution in [0.3, 0.4) is 0 Å². The molecule has 3 rings (SSSR count). The smallest absolute Gasteiger partial charge is 0.258 e. The third-order valence-corrected chi connectivity index (χ3v) is 4.97. The summed E-state index contributed by atoms with van der Waals surface area (Å²) in [5, 5.41) is 12.2. The highest BCUT2D eigenvalue weighted by Crippen LogP contribution is 2.27. The maximum absolute atomic E-state index is 12.0. The van der Waals surface area contributed by atoms with Crippen LogP contribution >= 0.6 is 34.7 Å². The van der Waals surface area contributed by atoms with Gasteiger partial charge in [0.1, 0.15) is 5.65 Å². The van der Waals surface area contributed by atoms with E-state index in [1.807, 2.05) is 0 Å². The largest absolute Gasteiger partial charge is 0.363 e. The molecule has 0 fully saturated rings. The number of nitrogens with one attached hydrogen (secondary N) is 1. The zero-order chi connectivity index (χ0) is 14.8. The van der Waals surface area contributed by atoms with E-state index in [0.29, 0.717) is 22.1 Å². The Morgan fingerprint density at radius 2 is 2.29 bits per heavy atom. The third-order valence-electron chi connectivity index (χ3n) is 2.64. The number of halogens is 1. The topological polar surface area (TPSA) is 72.2 Å². The molecular weight excluding hydrogens is 330 g/mol. The van der Waals surface area contributed by atoms with E-state index < -0.39 is 0 Å². The predicted molar refractivity (Wildman–Crippen MR) is 85.5 cm³/mol. The minimum Gasteiger partial charge on any atom is -0.363 e. The highest BCUT2D eigenvalue weighted by Gasteiger charge is 2.07. The van der Waals surface area contributed by atoms with Gasteiger partial charge in [-0.05, 0) is 12.1 Å². The summed E-state index contributed by atoms with van der Waals surface area (Å²) in [5.74, 6) is 0.562. The Hall–Kier alpha value is -1.64. The molecular formula is C12H10ClN5OS2. The second-order valence-electron chi connectivity index (χ2n) is 4.07. The number of hydrogen-bond acceptors (Lipinski definition) is 7. The van der Waals surface area contributed by atoms with Gasteiger partial charge in [0.25, 0.3) is 5.56 Å². The van der Waals surface area contributed by atoms with Crippen molar-refractivity contribution in [2.45, 2.75) is 10.1 Å². The number of nitrogens with zero attached hydrogens (tertiary/aromatic N) is 4. The van der Waals surface area contributed by atoms with Crippen LogP contribution in [0, 0.1) is 0 Å². The average molecular weight is 340 g/mol. The van der Waals surface area contributed by atoms with Crippen molar-refractivity contribution in [3.63, 3.8) is 0 Å². The highest BCUT2D eigenvalue weighted by atomic mass is 35.5. The fourth-order valence-electron chi connectivity index (χ4n) is 1.70.